The quantitative estimate of drug-likeness (QED) is 0.529. The molecule has 5 nitrogen and oxygen atoms in total. The Morgan fingerprint density at radius 1 is 1.00 bits per heavy atom. The number of nitrogens with zero attached hydrogens (tertiary/aromatic N) is 2. The third-order valence-corrected chi connectivity index (χ3v) is 4.74. The van der Waals surface area contributed by atoms with Gasteiger partial charge in [0.25, 0.3) is 5.91 Å². The van der Waals surface area contributed by atoms with Gasteiger partial charge >= 0.3 is 0 Å². The lowest BCUT2D eigenvalue weighted by atomic mass is 10.1. The van der Waals surface area contributed by atoms with Crippen LogP contribution in [0, 0.1) is 20.8 Å². The van der Waals surface area contributed by atoms with E-state index in [1.165, 1.54) is 5.56 Å². The first-order valence-electron chi connectivity index (χ1n) is 9.54. The van der Waals surface area contributed by atoms with Crippen molar-refractivity contribution in [2.24, 2.45) is 0 Å². The highest BCUT2D eigenvalue weighted by atomic mass is 16.5. The minimum absolute atomic E-state index is 0.0395. The lowest BCUT2D eigenvalue weighted by Gasteiger charge is -2.11. The summed E-state index contributed by atoms with van der Waals surface area (Å²) in [5.41, 5.74) is 6.69. The summed E-state index contributed by atoms with van der Waals surface area (Å²) in [6, 6.07) is 17.7. The van der Waals surface area contributed by atoms with Crippen molar-refractivity contribution < 1.29 is 9.53 Å². The lowest BCUT2D eigenvalue weighted by Crippen LogP contribution is -2.20. The van der Waals surface area contributed by atoms with Gasteiger partial charge in [0.2, 0.25) is 0 Å². The van der Waals surface area contributed by atoms with Gasteiger partial charge in [-0.05, 0) is 61.7 Å². The van der Waals surface area contributed by atoms with Crippen molar-refractivity contribution in [1.29, 1.82) is 0 Å². The second-order valence-electron chi connectivity index (χ2n) is 7.28. The monoisotopic (exact) mass is 385 g/mol. The van der Waals surface area contributed by atoms with E-state index in [9.17, 15) is 4.79 Å². The fourth-order valence-electron chi connectivity index (χ4n) is 3.20. The number of aromatic nitrogens is 2. The summed E-state index contributed by atoms with van der Waals surface area (Å²) in [4.78, 5) is 17.0. The SMILES string of the molecule is Cc1ccc(C)c(OCC(=O)Nc2cccc(-c3cn4cc(C)ccc4n3)c2)c1. The van der Waals surface area contributed by atoms with Crippen LogP contribution in [0.2, 0.25) is 0 Å². The molecule has 0 atom stereocenters. The number of carbonyl (C=O) groups excluding carboxylic acids is 1. The number of ether oxygens (including phenoxy) is 1. The van der Waals surface area contributed by atoms with Crippen LogP contribution in [0.3, 0.4) is 0 Å². The van der Waals surface area contributed by atoms with Gasteiger partial charge in [0.05, 0.1) is 5.69 Å². The number of amides is 1. The zero-order valence-corrected chi connectivity index (χ0v) is 16.8. The predicted molar refractivity (Wildman–Crippen MR) is 115 cm³/mol. The summed E-state index contributed by atoms with van der Waals surface area (Å²) in [7, 11) is 0. The molecule has 0 spiro atoms. The Bertz CT molecular complexity index is 1190. The molecular weight excluding hydrogens is 362 g/mol. The van der Waals surface area contributed by atoms with Crippen molar-refractivity contribution in [3.05, 3.63) is 83.7 Å². The van der Waals surface area contributed by atoms with Crippen LogP contribution < -0.4 is 10.1 Å². The van der Waals surface area contributed by atoms with Gasteiger partial charge < -0.3 is 14.5 Å². The number of hydrogen-bond acceptors (Lipinski definition) is 3. The number of pyridine rings is 1. The molecule has 0 aliphatic carbocycles. The van der Waals surface area contributed by atoms with Crippen LogP contribution in [-0.4, -0.2) is 21.9 Å². The van der Waals surface area contributed by atoms with Crippen molar-refractivity contribution >= 4 is 17.2 Å². The molecule has 146 valence electrons. The Labute approximate surface area is 170 Å². The summed E-state index contributed by atoms with van der Waals surface area (Å²) in [5.74, 6) is 0.530. The molecule has 0 saturated heterocycles. The summed E-state index contributed by atoms with van der Waals surface area (Å²) in [5, 5.41) is 2.90. The number of carbonyl (C=O) groups is 1. The van der Waals surface area contributed by atoms with E-state index in [4.69, 9.17) is 4.74 Å². The van der Waals surface area contributed by atoms with Gasteiger partial charge in [0.15, 0.2) is 6.61 Å². The van der Waals surface area contributed by atoms with E-state index in [0.717, 1.165) is 33.8 Å². The van der Waals surface area contributed by atoms with Crippen LogP contribution in [0.25, 0.3) is 16.9 Å². The van der Waals surface area contributed by atoms with E-state index in [-0.39, 0.29) is 12.5 Å². The molecule has 2 aromatic carbocycles. The number of rotatable bonds is 5. The Kier molecular flexibility index (Phi) is 5.04. The van der Waals surface area contributed by atoms with E-state index in [2.05, 4.69) is 17.2 Å². The fraction of sp³-hybridized carbons (Fsp3) is 0.167. The van der Waals surface area contributed by atoms with Gasteiger partial charge in [-0.15, -0.1) is 0 Å². The maximum absolute atomic E-state index is 12.4. The van der Waals surface area contributed by atoms with Gasteiger partial charge in [0.1, 0.15) is 11.4 Å². The first-order valence-corrected chi connectivity index (χ1v) is 9.54. The minimum atomic E-state index is -0.200. The second-order valence-corrected chi connectivity index (χ2v) is 7.28. The van der Waals surface area contributed by atoms with E-state index < -0.39 is 0 Å². The van der Waals surface area contributed by atoms with Gasteiger partial charge in [-0.1, -0.05) is 30.3 Å². The Morgan fingerprint density at radius 3 is 2.69 bits per heavy atom. The van der Waals surface area contributed by atoms with Crippen LogP contribution in [0.5, 0.6) is 5.75 Å². The van der Waals surface area contributed by atoms with Gasteiger partial charge in [0, 0.05) is 23.6 Å². The minimum Gasteiger partial charge on any atom is -0.483 e. The molecule has 4 rings (SSSR count). The first-order chi connectivity index (χ1) is 14.0. The standard InChI is InChI=1S/C24H23N3O2/c1-16-7-9-18(3)22(11-16)29-15-24(28)25-20-6-4-5-19(12-20)21-14-27-13-17(2)8-10-23(27)26-21/h4-14H,15H2,1-3H3,(H,25,28). The van der Waals surface area contributed by atoms with E-state index >= 15 is 0 Å². The molecule has 0 unspecified atom stereocenters. The molecule has 1 amide bonds. The van der Waals surface area contributed by atoms with Gasteiger partial charge in [-0.2, -0.15) is 0 Å². The summed E-state index contributed by atoms with van der Waals surface area (Å²) in [6.45, 7) is 5.97. The molecule has 0 radical (unpaired) electrons. The molecule has 4 aromatic rings. The predicted octanol–water partition coefficient (Wildman–Crippen LogP) is 4.94. The molecule has 0 saturated carbocycles. The van der Waals surface area contributed by atoms with E-state index in [0.29, 0.717) is 5.69 Å². The van der Waals surface area contributed by atoms with Crippen LogP contribution in [0.1, 0.15) is 16.7 Å². The normalized spacial score (nSPS) is 10.9. The first kappa shape index (κ1) is 18.7. The third kappa shape index (κ3) is 4.29. The molecule has 0 fully saturated rings. The van der Waals surface area contributed by atoms with Crippen LogP contribution in [0.15, 0.2) is 67.0 Å². The number of benzene rings is 2. The maximum Gasteiger partial charge on any atom is 0.262 e. The average molecular weight is 385 g/mol. The zero-order chi connectivity index (χ0) is 20.4. The Hall–Kier alpha value is -3.60. The van der Waals surface area contributed by atoms with Gasteiger partial charge in [-0.25, -0.2) is 4.98 Å². The average Bonchev–Trinajstić information content (AvgIpc) is 3.12. The second kappa shape index (κ2) is 7.80. The smallest absolute Gasteiger partial charge is 0.262 e. The molecule has 0 aliphatic rings. The maximum atomic E-state index is 12.4. The largest absolute Gasteiger partial charge is 0.483 e. The lowest BCUT2D eigenvalue weighted by molar-refractivity contribution is -0.118. The number of imidazole rings is 1. The number of anilines is 1. The highest BCUT2D eigenvalue weighted by molar-refractivity contribution is 5.92. The van der Waals surface area contributed by atoms with Crippen molar-refractivity contribution in [3.63, 3.8) is 0 Å². The topological polar surface area (TPSA) is 55.6 Å². The van der Waals surface area contributed by atoms with Crippen molar-refractivity contribution in [3.8, 4) is 17.0 Å². The molecule has 0 aliphatic heterocycles. The third-order valence-electron chi connectivity index (χ3n) is 4.74. The van der Waals surface area contributed by atoms with Crippen molar-refractivity contribution in [1.82, 2.24) is 9.38 Å². The fourth-order valence-corrected chi connectivity index (χ4v) is 3.20. The van der Waals surface area contributed by atoms with Crippen LogP contribution >= 0.6 is 0 Å². The molecule has 2 heterocycles. The van der Waals surface area contributed by atoms with Crippen LogP contribution in [0.4, 0.5) is 5.69 Å². The van der Waals surface area contributed by atoms with Gasteiger partial charge in [-0.3, -0.25) is 4.79 Å². The molecule has 0 bridgehead atoms. The van der Waals surface area contributed by atoms with Crippen molar-refractivity contribution in [2.45, 2.75) is 20.8 Å². The number of fused-ring (bicyclic) bond motifs is 1. The number of hydrogen-bond donors (Lipinski definition) is 1. The molecule has 2 aromatic heterocycles. The Balaban J connectivity index is 1.46. The van der Waals surface area contributed by atoms with Crippen LogP contribution in [-0.2, 0) is 4.79 Å². The number of nitrogens with one attached hydrogen (secondary N) is 1. The van der Waals surface area contributed by atoms with E-state index in [1.54, 1.807) is 0 Å². The molecular formula is C24H23N3O2. The summed E-state index contributed by atoms with van der Waals surface area (Å²) < 4.78 is 7.70. The molecule has 5 heteroatoms. The van der Waals surface area contributed by atoms with E-state index in [1.807, 2.05) is 85.2 Å². The zero-order valence-electron chi connectivity index (χ0n) is 16.8. The Morgan fingerprint density at radius 2 is 1.83 bits per heavy atom. The van der Waals surface area contributed by atoms with Crippen molar-refractivity contribution in [2.75, 3.05) is 11.9 Å². The highest BCUT2D eigenvalue weighted by Gasteiger charge is 2.09. The highest BCUT2D eigenvalue weighted by Crippen LogP contribution is 2.23. The molecule has 1 N–H and O–H groups in total. The molecule has 29 heavy (non-hydrogen) atoms. The number of aryl methyl sites for hydroxylation is 3. The summed E-state index contributed by atoms with van der Waals surface area (Å²) >= 11 is 0. The summed E-state index contributed by atoms with van der Waals surface area (Å²) in [6.07, 6.45) is 4.04.